The number of likely N-dealkylation sites (tertiary alicyclic amines) is 1. The molecule has 0 aromatic carbocycles. The van der Waals surface area contributed by atoms with Crippen molar-refractivity contribution in [1.82, 2.24) is 4.90 Å². The van der Waals surface area contributed by atoms with E-state index in [1.165, 1.54) is 4.90 Å². The number of hydrogen-bond donors (Lipinski definition) is 2. The van der Waals surface area contributed by atoms with Crippen LogP contribution >= 0.6 is 0 Å². The van der Waals surface area contributed by atoms with Gasteiger partial charge in [0.15, 0.2) is 0 Å². The highest BCUT2D eigenvalue weighted by atomic mass is 16.4. The van der Waals surface area contributed by atoms with Crippen molar-refractivity contribution in [3.8, 4) is 0 Å². The maximum atomic E-state index is 11.5. The number of rotatable bonds is 4. The molecule has 21 heavy (non-hydrogen) atoms. The summed E-state index contributed by atoms with van der Waals surface area (Å²) < 4.78 is 0. The predicted octanol–water partition coefficient (Wildman–Crippen LogP) is 3.28. The summed E-state index contributed by atoms with van der Waals surface area (Å²) in [6, 6.07) is -0.207. The molecule has 0 aromatic heterocycles. The lowest BCUT2D eigenvalue weighted by atomic mass is 9.74. The Hall–Kier alpha value is -1.78. The van der Waals surface area contributed by atoms with E-state index in [-0.39, 0.29) is 6.04 Å². The van der Waals surface area contributed by atoms with Gasteiger partial charge in [0.25, 0.3) is 0 Å². The minimum Gasteiger partial charge on any atom is -0.481 e. The lowest BCUT2D eigenvalue weighted by Crippen LogP contribution is -2.46. The Morgan fingerprint density at radius 3 is 2.71 bits per heavy atom. The molecule has 5 heteroatoms. The van der Waals surface area contributed by atoms with Crippen LogP contribution < -0.4 is 0 Å². The SMILES string of the molecule is CCCCC1C2=CC(C)(C(=O)O)CC=C2CCN1C(=O)O. The fraction of sp³-hybridized carbons (Fsp3) is 0.625. The van der Waals surface area contributed by atoms with Gasteiger partial charge in [-0.1, -0.05) is 31.9 Å². The van der Waals surface area contributed by atoms with Crippen LogP contribution in [0.1, 0.15) is 46.0 Å². The normalized spacial score (nSPS) is 28.5. The lowest BCUT2D eigenvalue weighted by molar-refractivity contribution is -0.145. The number of piperidine rings is 1. The van der Waals surface area contributed by atoms with Crippen LogP contribution in [-0.2, 0) is 4.79 Å². The van der Waals surface area contributed by atoms with E-state index < -0.39 is 17.5 Å². The molecule has 2 rings (SSSR count). The van der Waals surface area contributed by atoms with E-state index in [9.17, 15) is 19.8 Å². The molecule has 1 aliphatic carbocycles. The van der Waals surface area contributed by atoms with Crippen LogP contribution in [0.5, 0.6) is 0 Å². The number of allylic oxidation sites excluding steroid dienone is 1. The van der Waals surface area contributed by atoms with Gasteiger partial charge < -0.3 is 15.1 Å². The molecule has 5 nitrogen and oxygen atoms in total. The molecule has 2 aliphatic rings. The highest BCUT2D eigenvalue weighted by Gasteiger charge is 2.39. The second kappa shape index (κ2) is 5.92. The number of amides is 1. The Morgan fingerprint density at radius 2 is 2.14 bits per heavy atom. The summed E-state index contributed by atoms with van der Waals surface area (Å²) in [6.45, 7) is 4.27. The van der Waals surface area contributed by atoms with Crippen molar-refractivity contribution in [2.24, 2.45) is 5.41 Å². The number of hydrogen-bond acceptors (Lipinski definition) is 2. The second-order valence-electron chi connectivity index (χ2n) is 6.14. The number of aliphatic carboxylic acids is 1. The molecule has 1 fully saturated rings. The van der Waals surface area contributed by atoms with E-state index in [4.69, 9.17) is 0 Å². The van der Waals surface area contributed by atoms with Gasteiger partial charge in [0.1, 0.15) is 0 Å². The molecule has 0 bridgehead atoms. The van der Waals surface area contributed by atoms with Crippen molar-refractivity contribution in [1.29, 1.82) is 0 Å². The number of carbonyl (C=O) groups is 2. The Balaban J connectivity index is 2.37. The second-order valence-corrected chi connectivity index (χ2v) is 6.14. The first-order valence-electron chi connectivity index (χ1n) is 7.54. The Labute approximate surface area is 124 Å². The van der Waals surface area contributed by atoms with Crippen LogP contribution in [0.15, 0.2) is 23.3 Å². The zero-order chi connectivity index (χ0) is 15.6. The molecule has 0 aromatic rings. The van der Waals surface area contributed by atoms with Crippen LogP contribution in [-0.4, -0.2) is 39.8 Å². The van der Waals surface area contributed by atoms with Gasteiger partial charge in [0, 0.05) is 6.54 Å². The van der Waals surface area contributed by atoms with Gasteiger partial charge in [0.05, 0.1) is 11.5 Å². The summed E-state index contributed by atoms with van der Waals surface area (Å²) in [6.07, 6.45) is 6.70. The van der Waals surface area contributed by atoms with Crippen LogP contribution in [0.2, 0.25) is 0 Å². The third-order valence-electron chi connectivity index (χ3n) is 4.54. The third-order valence-corrected chi connectivity index (χ3v) is 4.54. The van der Waals surface area contributed by atoms with Crippen LogP contribution in [0, 0.1) is 5.41 Å². The van der Waals surface area contributed by atoms with E-state index in [2.05, 4.69) is 6.92 Å². The topological polar surface area (TPSA) is 77.8 Å². The standard InChI is InChI=1S/C16H23NO4/c1-3-4-5-13-12-10-16(2,14(18)19)8-6-11(12)7-9-17(13)15(20)21/h6,10,13H,3-5,7-9H2,1-2H3,(H,18,19)(H,20,21). The molecule has 1 aliphatic heterocycles. The smallest absolute Gasteiger partial charge is 0.407 e. The zero-order valence-corrected chi connectivity index (χ0v) is 12.6. The molecule has 2 N–H and O–H groups in total. The van der Waals surface area contributed by atoms with E-state index in [0.29, 0.717) is 19.4 Å². The first-order valence-corrected chi connectivity index (χ1v) is 7.54. The predicted molar refractivity (Wildman–Crippen MR) is 79.2 cm³/mol. The molecule has 0 radical (unpaired) electrons. The Kier molecular flexibility index (Phi) is 4.40. The molecule has 116 valence electrons. The summed E-state index contributed by atoms with van der Waals surface area (Å²) in [5.74, 6) is -0.855. The minimum atomic E-state index is -0.926. The van der Waals surface area contributed by atoms with Gasteiger partial charge in [-0.15, -0.1) is 0 Å². The average Bonchev–Trinajstić information content (AvgIpc) is 2.44. The zero-order valence-electron chi connectivity index (χ0n) is 12.6. The molecular formula is C16H23NO4. The Morgan fingerprint density at radius 1 is 1.43 bits per heavy atom. The molecular weight excluding hydrogens is 270 g/mol. The van der Waals surface area contributed by atoms with E-state index in [1.807, 2.05) is 6.08 Å². The molecule has 2 unspecified atom stereocenters. The minimum absolute atomic E-state index is 0.207. The summed E-state index contributed by atoms with van der Waals surface area (Å²) >= 11 is 0. The van der Waals surface area contributed by atoms with Gasteiger partial charge in [-0.05, 0) is 37.3 Å². The first-order chi connectivity index (χ1) is 9.89. The van der Waals surface area contributed by atoms with Crippen LogP contribution in [0.3, 0.4) is 0 Å². The van der Waals surface area contributed by atoms with E-state index in [0.717, 1.165) is 30.4 Å². The maximum Gasteiger partial charge on any atom is 0.407 e. The first kappa shape index (κ1) is 15.6. The lowest BCUT2D eigenvalue weighted by Gasteiger charge is -2.40. The van der Waals surface area contributed by atoms with Crippen molar-refractivity contribution >= 4 is 12.1 Å². The summed E-state index contributed by atoms with van der Waals surface area (Å²) in [5, 5.41) is 18.8. The molecule has 2 atom stereocenters. The average molecular weight is 293 g/mol. The monoisotopic (exact) mass is 293 g/mol. The van der Waals surface area contributed by atoms with Crippen LogP contribution in [0.4, 0.5) is 4.79 Å². The molecule has 0 spiro atoms. The summed E-state index contributed by atoms with van der Waals surface area (Å²) in [4.78, 5) is 24.4. The summed E-state index contributed by atoms with van der Waals surface area (Å²) in [7, 11) is 0. The Bertz CT molecular complexity index is 508. The van der Waals surface area contributed by atoms with Crippen molar-refractivity contribution < 1.29 is 19.8 Å². The van der Waals surface area contributed by atoms with Crippen molar-refractivity contribution in [2.75, 3.05) is 6.54 Å². The third kappa shape index (κ3) is 2.96. The molecule has 0 saturated carbocycles. The van der Waals surface area contributed by atoms with Gasteiger partial charge in [-0.2, -0.15) is 0 Å². The van der Waals surface area contributed by atoms with Crippen LogP contribution in [0.25, 0.3) is 0 Å². The molecule has 1 saturated heterocycles. The van der Waals surface area contributed by atoms with Gasteiger partial charge in [-0.3, -0.25) is 4.79 Å². The number of nitrogens with zero attached hydrogens (tertiary/aromatic N) is 1. The highest BCUT2D eigenvalue weighted by molar-refractivity contribution is 5.78. The van der Waals surface area contributed by atoms with Gasteiger partial charge in [0.2, 0.25) is 0 Å². The van der Waals surface area contributed by atoms with Crippen molar-refractivity contribution in [3.63, 3.8) is 0 Å². The number of carboxylic acids is 1. The van der Waals surface area contributed by atoms with E-state index in [1.54, 1.807) is 13.0 Å². The fourth-order valence-electron chi connectivity index (χ4n) is 3.16. The van der Waals surface area contributed by atoms with Gasteiger partial charge >= 0.3 is 12.1 Å². The number of carboxylic acid groups (broad SMARTS) is 2. The van der Waals surface area contributed by atoms with Gasteiger partial charge in [-0.25, -0.2) is 4.79 Å². The molecule has 1 heterocycles. The molecule has 1 amide bonds. The largest absolute Gasteiger partial charge is 0.481 e. The van der Waals surface area contributed by atoms with Crippen molar-refractivity contribution in [3.05, 3.63) is 23.3 Å². The van der Waals surface area contributed by atoms with E-state index >= 15 is 0 Å². The highest BCUT2D eigenvalue weighted by Crippen LogP contribution is 2.40. The quantitative estimate of drug-likeness (QED) is 0.834. The summed E-state index contributed by atoms with van der Waals surface area (Å²) in [5.41, 5.74) is 1.12. The van der Waals surface area contributed by atoms with Crippen molar-refractivity contribution in [2.45, 2.75) is 52.0 Å². The number of unbranched alkanes of at least 4 members (excludes halogenated alkanes) is 1. The fourth-order valence-corrected chi connectivity index (χ4v) is 3.16. The number of fused-ring (bicyclic) bond motifs is 1. The maximum absolute atomic E-state index is 11.5.